The lowest BCUT2D eigenvalue weighted by Crippen LogP contribution is -2.57. The van der Waals surface area contributed by atoms with E-state index in [0.717, 1.165) is 19.6 Å². The highest BCUT2D eigenvalue weighted by molar-refractivity contribution is 7.89. The van der Waals surface area contributed by atoms with Gasteiger partial charge in [-0.25, -0.2) is 8.42 Å². The van der Waals surface area contributed by atoms with Crippen molar-refractivity contribution in [3.63, 3.8) is 0 Å². The van der Waals surface area contributed by atoms with Gasteiger partial charge < -0.3 is 24.8 Å². The standard InChI is InChI=1S/C23H35N3O6S/c27-18-15-26(33(29,30)20-6-2-1-3-7-20)21-9-8-19(32-22(21)17-31-16-18)14-23(28)24-10-13-25-11-4-5-12-25/h1-3,6-7,18-19,21-22,27H,4-5,8-17H2,(H,24,28)/t18-,19-,21-,22+/m1/s1. The Morgan fingerprint density at radius 2 is 1.88 bits per heavy atom. The molecule has 3 heterocycles. The Bertz CT molecular complexity index is 877. The lowest BCUT2D eigenvalue weighted by atomic mass is 9.96. The number of carbonyl (C=O) groups excluding carboxylic acids is 1. The first-order valence-corrected chi connectivity index (χ1v) is 13.3. The molecule has 184 valence electrons. The van der Waals surface area contributed by atoms with Gasteiger partial charge in [0.15, 0.2) is 0 Å². The predicted molar refractivity (Wildman–Crippen MR) is 122 cm³/mol. The second kappa shape index (κ2) is 11.2. The van der Waals surface area contributed by atoms with Gasteiger partial charge in [-0.05, 0) is 50.9 Å². The van der Waals surface area contributed by atoms with E-state index in [0.29, 0.717) is 19.4 Å². The third-order valence-electron chi connectivity index (χ3n) is 6.65. The van der Waals surface area contributed by atoms with Gasteiger partial charge in [0.25, 0.3) is 0 Å². The van der Waals surface area contributed by atoms with E-state index in [1.54, 1.807) is 30.3 Å². The van der Waals surface area contributed by atoms with Crippen molar-refractivity contribution in [3.05, 3.63) is 30.3 Å². The Labute approximate surface area is 196 Å². The number of likely N-dealkylation sites (tertiary alicyclic amines) is 1. The van der Waals surface area contributed by atoms with Crippen LogP contribution in [-0.2, 0) is 24.3 Å². The molecule has 3 fully saturated rings. The fourth-order valence-electron chi connectivity index (χ4n) is 4.94. The number of nitrogens with one attached hydrogen (secondary N) is 1. The van der Waals surface area contributed by atoms with Crippen LogP contribution in [0.25, 0.3) is 0 Å². The number of ether oxygens (including phenoxy) is 2. The van der Waals surface area contributed by atoms with Crippen molar-refractivity contribution in [3.8, 4) is 0 Å². The summed E-state index contributed by atoms with van der Waals surface area (Å²) < 4.78 is 39.9. The van der Waals surface area contributed by atoms with E-state index < -0.39 is 28.3 Å². The Hall–Kier alpha value is -1.56. The molecule has 0 saturated carbocycles. The third-order valence-corrected chi connectivity index (χ3v) is 8.55. The van der Waals surface area contributed by atoms with Crippen LogP contribution in [0.2, 0.25) is 0 Å². The van der Waals surface area contributed by atoms with Crippen LogP contribution in [-0.4, -0.2) is 98.9 Å². The number of aliphatic hydroxyl groups excluding tert-OH is 1. The molecule has 3 aliphatic heterocycles. The molecule has 9 nitrogen and oxygen atoms in total. The van der Waals surface area contributed by atoms with Crippen molar-refractivity contribution in [1.29, 1.82) is 0 Å². The van der Waals surface area contributed by atoms with Crippen molar-refractivity contribution in [2.24, 2.45) is 0 Å². The zero-order chi connectivity index (χ0) is 23.3. The van der Waals surface area contributed by atoms with Gasteiger partial charge in [-0.15, -0.1) is 0 Å². The van der Waals surface area contributed by atoms with Crippen LogP contribution in [0.3, 0.4) is 0 Å². The van der Waals surface area contributed by atoms with Gasteiger partial charge in [-0.3, -0.25) is 4.79 Å². The molecule has 33 heavy (non-hydrogen) atoms. The minimum Gasteiger partial charge on any atom is -0.389 e. The number of rotatable bonds is 7. The summed E-state index contributed by atoms with van der Waals surface area (Å²) in [6.45, 7) is 3.85. The molecule has 1 aromatic rings. The normalized spacial score (nSPS) is 29.7. The summed E-state index contributed by atoms with van der Waals surface area (Å²) in [6.07, 6.45) is 2.11. The first kappa shape index (κ1) is 24.6. The number of hydrogen-bond donors (Lipinski definition) is 2. The number of carbonyl (C=O) groups is 1. The lowest BCUT2D eigenvalue weighted by molar-refractivity contribution is -0.146. The number of fused-ring (bicyclic) bond motifs is 1. The molecule has 0 radical (unpaired) electrons. The third kappa shape index (κ3) is 6.32. The van der Waals surface area contributed by atoms with Gasteiger partial charge in [0.1, 0.15) is 0 Å². The van der Waals surface area contributed by atoms with Crippen molar-refractivity contribution in [2.75, 3.05) is 45.9 Å². The average molecular weight is 482 g/mol. The van der Waals surface area contributed by atoms with Crippen LogP contribution in [0.5, 0.6) is 0 Å². The summed E-state index contributed by atoms with van der Waals surface area (Å²) in [4.78, 5) is 15.0. The molecule has 3 saturated heterocycles. The molecular weight excluding hydrogens is 446 g/mol. The number of aliphatic hydroxyl groups is 1. The van der Waals surface area contributed by atoms with Gasteiger partial charge in [-0.1, -0.05) is 18.2 Å². The van der Waals surface area contributed by atoms with Gasteiger partial charge in [0.2, 0.25) is 15.9 Å². The van der Waals surface area contributed by atoms with E-state index in [9.17, 15) is 18.3 Å². The topological polar surface area (TPSA) is 108 Å². The second-order valence-electron chi connectivity index (χ2n) is 9.12. The zero-order valence-corrected chi connectivity index (χ0v) is 19.8. The van der Waals surface area contributed by atoms with Crippen LogP contribution in [0.4, 0.5) is 0 Å². The Kier molecular flexibility index (Phi) is 8.37. The summed E-state index contributed by atoms with van der Waals surface area (Å²) in [6, 6.07) is 7.80. The number of benzene rings is 1. The van der Waals surface area contributed by atoms with Crippen molar-refractivity contribution in [2.45, 2.75) is 61.4 Å². The number of hydrogen-bond acceptors (Lipinski definition) is 7. The minimum atomic E-state index is -3.81. The molecule has 1 amide bonds. The zero-order valence-electron chi connectivity index (χ0n) is 19.0. The second-order valence-corrected chi connectivity index (χ2v) is 11.0. The van der Waals surface area contributed by atoms with Gasteiger partial charge in [0.05, 0.1) is 48.9 Å². The molecule has 0 aliphatic carbocycles. The molecule has 0 aromatic heterocycles. The Morgan fingerprint density at radius 3 is 2.64 bits per heavy atom. The monoisotopic (exact) mass is 481 g/mol. The highest BCUT2D eigenvalue weighted by atomic mass is 32.2. The number of β-amino-alcohol motifs (C(OH)–C–C–N with tert-alkyl or cyclic N) is 1. The molecule has 4 atom stereocenters. The fraction of sp³-hybridized carbons (Fsp3) is 0.696. The fourth-order valence-corrected chi connectivity index (χ4v) is 6.68. The molecule has 0 unspecified atom stereocenters. The molecule has 0 spiro atoms. The molecule has 3 aliphatic rings. The van der Waals surface area contributed by atoms with E-state index in [1.165, 1.54) is 17.1 Å². The summed E-state index contributed by atoms with van der Waals surface area (Å²) in [5.74, 6) is -0.0476. The Morgan fingerprint density at radius 1 is 1.12 bits per heavy atom. The summed E-state index contributed by atoms with van der Waals surface area (Å²) in [5, 5.41) is 13.3. The summed E-state index contributed by atoms with van der Waals surface area (Å²) in [7, 11) is -3.81. The largest absolute Gasteiger partial charge is 0.389 e. The lowest BCUT2D eigenvalue weighted by Gasteiger charge is -2.43. The molecule has 4 rings (SSSR count). The van der Waals surface area contributed by atoms with Crippen molar-refractivity contribution >= 4 is 15.9 Å². The van der Waals surface area contributed by atoms with Crippen molar-refractivity contribution in [1.82, 2.24) is 14.5 Å². The highest BCUT2D eigenvalue weighted by Crippen LogP contribution is 2.31. The van der Waals surface area contributed by atoms with Crippen molar-refractivity contribution < 1.29 is 27.8 Å². The van der Waals surface area contributed by atoms with Gasteiger partial charge in [0, 0.05) is 19.6 Å². The number of amides is 1. The van der Waals surface area contributed by atoms with Crippen LogP contribution < -0.4 is 5.32 Å². The van der Waals surface area contributed by atoms with Crippen LogP contribution in [0.1, 0.15) is 32.1 Å². The smallest absolute Gasteiger partial charge is 0.243 e. The predicted octanol–water partition coefficient (Wildman–Crippen LogP) is 0.587. The maximum absolute atomic E-state index is 13.4. The minimum absolute atomic E-state index is 0.0367. The molecular formula is C23H35N3O6S. The Balaban J connectivity index is 1.37. The summed E-state index contributed by atoms with van der Waals surface area (Å²) >= 11 is 0. The van der Waals surface area contributed by atoms with E-state index in [-0.39, 0.29) is 43.1 Å². The molecule has 10 heteroatoms. The van der Waals surface area contributed by atoms with Gasteiger partial charge in [-0.2, -0.15) is 4.31 Å². The summed E-state index contributed by atoms with van der Waals surface area (Å²) in [5.41, 5.74) is 0. The molecule has 1 aromatic carbocycles. The molecule has 0 bridgehead atoms. The average Bonchev–Trinajstić information content (AvgIpc) is 3.31. The maximum atomic E-state index is 13.4. The van der Waals surface area contributed by atoms with E-state index in [4.69, 9.17) is 9.47 Å². The first-order chi connectivity index (χ1) is 15.9. The number of nitrogens with zero attached hydrogens (tertiary/aromatic N) is 2. The SMILES string of the molecule is O=C(C[C@H]1CC[C@@H]2[C@H](COC[C@H](O)CN2S(=O)(=O)c2ccccc2)O1)NCCN1CCCC1. The first-order valence-electron chi connectivity index (χ1n) is 11.9. The van der Waals surface area contributed by atoms with Gasteiger partial charge >= 0.3 is 0 Å². The quantitative estimate of drug-likeness (QED) is 0.587. The molecule has 2 N–H and O–H groups in total. The van der Waals surface area contributed by atoms with Crippen LogP contribution in [0, 0.1) is 0 Å². The van der Waals surface area contributed by atoms with E-state index in [1.807, 2.05) is 0 Å². The number of sulfonamides is 1. The van der Waals surface area contributed by atoms with Crippen LogP contribution >= 0.6 is 0 Å². The maximum Gasteiger partial charge on any atom is 0.243 e. The van der Waals surface area contributed by atoms with E-state index in [2.05, 4.69) is 10.2 Å². The van der Waals surface area contributed by atoms with Crippen LogP contribution in [0.15, 0.2) is 35.2 Å². The highest BCUT2D eigenvalue weighted by Gasteiger charge is 2.43. The van der Waals surface area contributed by atoms with E-state index >= 15 is 0 Å².